The lowest BCUT2D eigenvalue weighted by atomic mass is 10.1. The van der Waals surface area contributed by atoms with Crippen molar-refractivity contribution >= 4 is 29.4 Å². The van der Waals surface area contributed by atoms with Gasteiger partial charge < -0.3 is 14.7 Å². The summed E-state index contributed by atoms with van der Waals surface area (Å²) in [6.45, 7) is 4.11. The average Bonchev–Trinajstić information content (AvgIpc) is 2.55. The molecule has 138 valence electrons. The molecule has 0 aliphatic carbocycles. The quantitative estimate of drug-likeness (QED) is 0.745. The molecule has 1 heterocycles. The van der Waals surface area contributed by atoms with E-state index < -0.39 is 6.10 Å². The van der Waals surface area contributed by atoms with E-state index in [1.54, 1.807) is 24.4 Å². The zero-order chi connectivity index (χ0) is 18.4. The lowest BCUT2D eigenvalue weighted by Crippen LogP contribution is -2.44. The first-order valence-corrected chi connectivity index (χ1v) is 9.06. The number of benzene rings is 1. The van der Waals surface area contributed by atoms with Crippen LogP contribution in [0.1, 0.15) is 13.3 Å². The number of aliphatic imine (C=N–C) groups is 1. The van der Waals surface area contributed by atoms with Crippen LogP contribution in [0.3, 0.4) is 0 Å². The van der Waals surface area contributed by atoms with Crippen molar-refractivity contribution in [2.75, 3.05) is 33.7 Å². The van der Waals surface area contributed by atoms with Gasteiger partial charge in [0.05, 0.1) is 28.4 Å². The number of ether oxygens (including phenoxy) is 1. The Bertz CT molecular complexity index is 635. The van der Waals surface area contributed by atoms with Gasteiger partial charge in [0.15, 0.2) is 0 Å². The number of nitrogens with zero attached hydrogens (tertiary/aromatic N) is 3. The lowest BCUT2D eigenvalue weighted by molar-refractivity contribution is 0.0818. The van der Waals surface area contributed by atoms with Crippen molar-refractivity contribution in [2.45, 2.75) is 25.5 Å². The molecule has 2 rings (SSSR count). The molecular weight excluding hydrogens is 361 g/mol. The van der Waals surface area contributed by atoms with Gasteiger partial charge in [-0.05, 0) is 32.8 Å². The minimum atomic E-state index is -0.409. The maximum Gasteiger partial charge on any atom is 0.128 e. The highest BCUT2D eigenvalue weighted by atomic mass is 35.5. The fraction of sp³-hybridized carbons (Fsp3) is 0.500. The van der Waals surface area contributed by atoms with Crippen LogP contribution in [0.5, 0.6) is 5.75 Å². The highest BCUT2D eigenvalue weighted by Gasteiger charge is 2.23. The topological polar surface area (TPSA) is 48.3 Å². The van der Waals surface area contributed by atoms with Gasteiger partial charge >= 0.3 is 0 Å². The molecule has 0 amide bonds. The third-order valence-electron chi connectivity index (χ3n) is 3.92. The van der Waals surface area contributed by atoms with Crippen molar-refractivity contribution in [1.82, 2.24) is 9.80 Å². The minimum Gasteiger partial charge on any atom is -0.460 e. The number of likely N-dealkylation sites (N-methyl/N-ethyl adjacent to an activating group) is 2. The van der Waals surface area contributed by atoms with Crippen molar-refractivity contribution in [2.24, 2.45) is 4.99 Å². The van der Waals surface area contributed by atoms with E-state index >= 15 is 0 Å². The van der Waals surface area contributed by atoms with Crippen LogP contribution in [0.4, 0.5) is 0 Å². The van der Waals surface area contributed by atoms with Crippen LogP contribution < -0.4 is 4.74 Å². The molecule has 0 fully saturated rings. The Morgan fingerprint density at radius 2 is 2.04 bits per heavy atom. The first kappa shape index (κ1) is 20.2. The molecule has 25 heavy (non-hydrogen) atoms. The van der Waals surface area contributed by atoms with E-state index in [0.717, 1.165) is 12.3 Å². The Labute approximate surface area is 159 Å². The molecule has 0 saturated carbocycles. The van der Waals surface area contributed by atoms with E-state index in [1.807, 2.05) is 25.2 Å². The van der Waals surface area contributed by atoms with Crippen LogP contribution in [0, 0.1) is 0 Å². The first-order chi connectivity index (χ1) is 11.9. The van der Waals surface area contributed by atoms with Crippen LogP contribution in [-0.4, -0.2) is 67.0 Å². The van der Waals surface area contributed by atoms with E-state index in [-0.39, 0.29) is 6.04 Å². The van der Waals surface area contributed by atoms with E-state index in [0.29, 0.717) is 35.3 Å². The summed E-state index contributed by atoms with van der Waals surface area (Å²) in [6.07, 6.45) is 3.89. The molecule has 1 aliphatic heterocycles. The maximum absolute atomic E-state index is 10.2. The van der Waals surface area contributed by atoms with Gasteiger partial charge in [0.1, 0.15) is 11.5 Å². The Morgan fingerprint density at radius 3 is 2.68 bits per heavy atom. The molecule has 2 atom stereocenters. The van der Waals surface area contributed by atoms with Gasteiger partial charge in [-0.25, -0.2) is 0 Å². The van der Waals surface area contributed by atoms with Crippen LogP contribution in [0.25, 0.3) is 0 Å². The molecule has 5 nitrogen and oxygen atoms in total. The number of rotatable bonds is 8. The minimum absolute atomic E-state index is 0.0876. The number of hydrogen-bond donors (Lipinski definition) is 1. The van der Waals surface area contributed by atoms with Crippen molar-refractivity contribution in [3.63, 3.8) is 0 Å². The molecule has 2 unspecified atom stereocenters. The lowest BCUT2D eigenvalue weighted by Gasteiger charge is -2.32. The summed E-state index contributed by atoms with van der Waals surface area (Å²) in [5.74, 6) is 1.39. The summed E-state index contributed by atoms with van der Waals surface area (Å²) in [4.78, 5) is 8.48. The van der Waals surface area contributed by atoms with Crippen molar-refractivity contribution in [3.05, 3.63) is 40.2 Å². The fourth-order valence-corrected chi connectivity index (χ4v) is 3.06. The summed E-state index contributed by atoms with van der Waals surface area (Å²) in [5, 5.41) is 11.2. The summed E-state index contributed by atoms with van der Waals surface area (Å²) in [7, 11) is 3.90. The second kappa shape index (κ2) is 9.55. The predicted molar refractivity (Wildman–Crippen MR) is 104 cm³/mol. The van der Waals surface area contributed by atoms with Crippen LogP contribution >= 0.6 is 23.2 Å². The van der Waals surface area contributed by atoms with Crippen LogP contribution in [0.15, 0.2) is 35.2 Å². The zero-order valence-electron chi connectivity index (χ0n) is 14.8. The molecule has 0 bridgehead atoms. The molecule has 7 heteroatoms. The maximum atomic E-state index is 10.2. The molecule has 1 N–H and O–H groups in total. The third-order valence-corrected chi connectivity index (χ3v) is 4.66. The molecular formula is C18H25Cl2N3O2. The molecule has 0 aromatic heterocycles. The number of halogens is 2. The second-order valence-corrected chi connectivity index (χ2v) is 7.16. The first-order valence-electron chi connectivity index (χ1n) is 8.31. The number of aliphatic hydroxyl groups excluding tert-OH is 1. The Kier molecular flexibility index (Phi) is 7.72. The van der Waals surface area contributed by atoms with Crippen LogP contribution in [-0.2, 0) is 0 Å². The highest BCUT2D eigenvalue weighted by Crippen LogP contribution is 2.28. The van der Waals surface area contributed by atoms with Gasteiger partial charge in [0.25, 0.3) is 0 Å². The molecule has 0 spiro atoms. The second-order valence-electron chi connectivity index (χ2n) is 6.35. The Balaban J connectivity index is 1.97. The van der Waals surface area contributed by atoms with Gasteiger partial charge in [-0.2, -0.15) is 0 Å². The largest absolute Gasteiger partial charge is 0.460 e. The van der Waals surface area contributed by atoms with Gasteiger partial charge in [-0.1, -0.05) is 30.1 Å². The van der Waals surface area contributed by atoms with E-state index in [4.69, 9.17) is 27.9 Å². The monoisotopic (exact) mass is 385 g/mol. The molecule has 1 aromatic rings. The normalized spacial score (nSPS) is 18.6. The third kappa shape index (κ3) is 6.28. The molecule has 0 radical (unpaired) electrons. The van der Waals surface area contributed by atoms with Gasteiger partial charge in [-0.3, -0.25) is 9.89 Å². The van der Waals surface area contributed by atoms with E-state index in [1.165, 1.54) is 0 Å². The van der Waals surface area contributed by atoms with Crippen LogP contribution in [0.2, 0.25) is 10.0 Å². The number of hydrogen-bond acceptors (Lipinski definition) is 5. The summed E-state index contributed by atoms with van der Waals surface area (Å²) < 4.78 is 5.89. The number of aliphatic hydroxyl groups is 1. The standard InChI is InChI=1S/C18H25Cl2N3O2/c1-4-23(12-14(24)11-22(2)3)13-7-16(10-21-9-13)25-15-5-6-17(19)18(20)8-15/h5-6,8-10,13-14,24H,4,7,11-12H2,1-3H3. The molecule has 0 saturated heterocycles. The van der Waals surface area contributed by atoms with Gasteiger partial charge in [-0.15, -0.1) is 0 Å². The SMILES string of the molecule is CCN(CC(O)CN(C)C)C1C=NC=C(Oc2ccc(Cl)c(Cl)c2)C1. The van der Waals surface area contributed by atoms with E-state index in [2.05, 4.69) is 16.8 Å². The van der Waals surface area contributed by atoms with Gasteiger partial charge in [0, 0.05) is 31.8 Å². The van der Waals surface area contributed by atoms with E-state index in [9.17, 15) is 5.11 Å². The van der Waals surface area contributed by atoms with Gasteiger partial charge in [0.2, 0.25) is 0 Å². The Hall–Kier alpha value is -1.11. The predicted octanol–water partition coefficient (Wildman–Crippen LogP) is 3.30. The zero-order valence-corrected chi connectivity index (χ0v) is 16.3. The fourth-order valence-electron chi connectivity index (χ4n) is 2.77. The van der Waals surface area contributed by atoms with Crippen molar-refractivity contribution in [3.8, 4) is 5.75 Å². The average molecular weight is 386 g/mol. The summed E-state index contributed by atoms with van der Waals surface area (Å²) >= 11 is 12.0. The molecule has 1 aliphatic rings. The van der Waals surface area contributed by atoms with Crippen molar-refractivity contribution in [1.29, 1.82) is 0 Å². The van der Waals surface area contributed by atoms with Crippen molar-refractivity contribution < 1.29 is 9.84 Å². The summed E-state index contributed by atoms with van der Waals surface area (Å²) in [6, 6.07) is 5.26. The molecule has 1 aromatic carbocycles. The highest BCUT2D eigenvalue weighted by molar-refractivity contribution is 6.42. The summed E-state index contributed by atoms with van der Waals surface area (Å²) in [5.41, 5.74) is 0. The smallest absolute Gasteiger partial charge is 0.128 e. The Morgan fingerprint density at radius 1 is 1.28 bits per heavy atom.